The van der Waals surface area contributed by atoms with Crippen molar-refractivity contribution in [1.82, 2.24) is 10.2 Å². The quantitative estimate of drug-likeness (QED) is 0.901. The Labute approximate surface area is 115 Å². The first-order valence-electron chi connectivity index (χ1n) is 6.78. The van der Waals surface area contributed by atoms with Crippen LogP contribution < -0.4 is 5.32 Å². The van der Waals surface area contributed by atoms with Gasteiger partial charge in [0.05, 0.1) is 10.6 Å². The van der Waals surface area contributed by atoms with Gasteiger partial charge in [0.2, 0.25) is 0 Å². The fourth-order valence-electron chi connectivity index (χ4n) is 2.40. The molecule has 0 amide bonds. The highest BCUT2D eigenvalue weighted by Gasteiger charge is 2.19. The molecule has 19 heavy (non-hydrogen) atoms. The normalized spacial score (nSPS) is 17.6. The average molecular weight is 282 g/mol. The monoisotopic (exact) mass is 282 g/mol. The van der Waals surface area contributed by atoms with E-state index in [-0.39, 0.29) is 5.75 Å². The molecule has 0 aromatic heterocycles. The van der Waals surface area contributed by atoms with E-state index in [2.05, 4.69) is 10.2 Å². The zero-order valence-electron chi connectivity index (χ0n) is 11.6. The number of nitrogens with one attached hydrogen (secondary N) is 1. The highest BCUT2D eigenvalue weighted by Crippen LogP contribution is 2.20. The van der Waals surface area contributed by atoms with Crippen molar-refractivity contribution >= 4 is 9.84 Å². The molecule has 0 aliphatic carbocycles. The molecule has 4 nitrogen and oxygen atoms in total. The first-order valence-corrected chi connectivity index (χ1v) is 8.43. The van der Waals surface area contributed by atoms with E-state index >= 15 is 0 Å². The van der Waals surface area contributed by atoms with E-state index in [1.54, 1.807) is 13.0 Å². The molecule has 0 spiro atoms. The predicted octanol–water partition coefficient (Wildman–Crippen LogP) is 1.19. The van der Waals surface area contributed by atoms with Crippen LogP contribution in [0.1, 0.15) is 18.1 Å². The second-order valence-electron chi connectivity index (χ2n) is 5.04. The maximum Gasteiger partial charge on any atom is 0.178 e. The van der Waals surface area contributed by atoms with Crippen molar-refractivity contribution in [3.05, 3.63) is 29.3 Å². The van der Waals surface area contributed by atoms with Crippen molar-refractivity contribution in [2.75, 3.05) is 31.9 Å². The molecule has 0 unspecified atom stereocenters. The van der Waals surface area contributed by atoms with Crippen LogP contribution in [-0.4, -0.2) is 45.2 Å². The van der Waals surface area contributed by atoms with Crippen LogP contribution in [0.25, 0.3) is 0 Å². The standard InChI is InChI=1S/C14H22N2O2S/c1-3-19(17,18)14-5-4-12(2)10-13(14)11-16-8-6-15-7-9-16/h4-5,10,15H,3,6-9,11H2,1-2H3. The van der Waals surface area contributed by atoms with Gasteiger partial charge in [-0.2, -0.15) is 0 Å². The van der Waals surface area contributed by atoms with Crippen molar-refractivity contribution < 1.29 is 8.42 Å². The molecule has 1 saturated heterocycles. The summed E-state index contributed by atoms with van der Waals surface area (Å²) in [4.78, 5) is 2.80. The van der Waals surface area contributed by atoms with Gasteiger partial charge in [-0.1, -0.05) is 24.6 Å². The number of rotatable bonds is 4. The molecule has 5 heteroatoms. The Balaban J connectivity index is 2.29. The van der Waals surface area contributed by atoms with E-state index in [0.29, 0.717) is 4.90 Å². The van der Waals surface area contributed by atoms with Crippen molar-refractivity contribution in [3.8, 4) is 0 Å². The summed E-state index contributed by atoms with van der Waals surface area (Å²) in [6, 6.07) is 5.64. The van der Waals surface area contributed by atoms with Crippen molar-refractivity contribution in [3.63, 3.8) is 0 Å². The molecule has 1 aromatic rings. The highest BCUT2D eigenvalue weighted by molar-refractivity contribution is 7.91. The van der Waals surface area contributed by atoms with Gasteiger partial charge in [0, 0.05) is 32.7 Å². The molecular formula is C14H22N2O2S. The summed E-state index contributed by atoms with van der Waals surface area (Å²) in [6.07, 6.45) is 0. The van der Waals surface area contributed by atoms with Gasteiger partial charge in [0.1, 0.15) is 0 Å². The minimum Gasteiger partial charge on any atom is -0.314 e. The number of nitrogens with zero attached hydrogens (tertiary/aromatic N) is 1. The second kappa shape index (κ2) is 6.03. The summed E-state index contributed by atoms with van der Waals surface area (Å²) >= 11 is 0. The topological polar surface area (TPSA) is 49.4 Å². The smallest absolute Gasteiger partial charge is 0.178 e. The third kappa shape index (κ3) is 3.55. The highest BCUT2D eigenvalue weighted by atomic mass is 32.2. The molecule has 1 aromatic carbocycles. The largest absolute Gasteiger partial charge is 0.314 e. The SMILES string of the molecule is CCS(=O)(=O)c1ccc(C)cc1CN1CCNCC1. The summed E-state index contributed by atoms with van der Waals surface area (Å²) < 4.78 is 24.3. The first kappa shape index (κ1) is 14.5. The number of aryl methyl sites for hydroxylation is 1. The third-order valence-corrected chi connectivity index (χ3v) is 5.36. The number of sulfone groups is 1. The van der Waals surface area contributed by atoms with Gasteiger partial charge in [-0.25, -0.2) is 8.42 Å². The first-order chi connectivity index (χ1) is 9.03. The Bertz CT molecular complexity index is 534. The van der Waals surface area contributed by atoms with Crippen LogP contribution in [0, 0.1) is 6.92 Å². The molecule has 106 valence electrons. The fraction of sp³-hybridized carbons (Fsp3) is 0.571. The molecule has 2 rings (SSSR count). The number of hydrogen-bond acceptors (Lipinski definition) is 4. The van der Waals surface area contributed by atoms with Crippen LogP contribution in [0.4, 0.5) is 0 Å². The molecule has 1 aliphatic rings. The van der Waals surface area contributed by atoms with E-state index in [1.807, 2.05) is 19.1 Å². The fourth-order valence-corrected chi connectivity index (χ4v) is 3.51. The molecular weight excluding hydrogens is 260 g/mol. The Kier molecular flexibility index (Phi) is 4.60. The van der Waals surface area contributed by atoms with Gasteiger partial charge in [0.15, 0.2) is 9.84 Å². The molecule has 1 aliphatic heterocycles. The van der Waals surface area contributed by atoms with E-state index in [0.717, 1.165) is 43.9 Å². The van der Waals surface area contributed by atoms with Crippen LogP contribution in [0.3, 0.4) is 0 Å². The zero-order valence-corrected chi connectivity index (χ0v) is 12.5. The second-order valence-corrected chi connectivity index (χ2v) is 7.29. The van der Waals surface area contributed by atoms with Crippen LogP contribution in [0.5, 0.6) is 0 Å². The van der Waals surface area contributed by atoms with Gasteiger partial charge in [-0.15, -0.1) is 0 Å². The third-order valence-electron chi connectivity index (χ3n) is 3.53. The average Bonchev–Trinajstić information content (AvgIpc) is 2.40. The summed E-state index contributed by atoms with van der Waals surface area (Å²) in [6.45, 7) is 8.31. The lowest BCUT2D eigenvalue weighted by Crippen LogP contribution is -2.43. The van der Waals surface area contributed by atoms with Crippen molar-refractivity contribution in [2.45, 2.75) is 25.3 Å². The molecule has 1 heterocycles. The Morgan fingerprint density at radius 3 is 2.58 bits per heavy atom. The van der Waals surface area contributed by atoms with Gasteiger partial charge >= 0.3 is 0 Å². The van der Waals surface area contributed by atoms with Gasteiger partial charge in [-0.05, 0) is 18.6 Å². The van der Waals surface area contributed by atoms with Crippen LogP contribution in [-0.2, 0) is 16.4 Å². The Morgan fingerprint density at radius 1 is 1.26 bits per heavy atom. The molecule has 1 N–H and O–H groups in total. The van der Waals surface area contributed by atoms with Gasteiger partial charge in [-0.3, -0.25) is 4.90 Å². The van der Waals surface area contributed by atoms with E-state index in [9.17, 15) is 8.42 Å². The van der Waals surface area contributed by atoms with Crippen LogP contribution >= 0.6 is 0 Å². The predicted molar refractivity (Wildman–Crippen MR) is 77.1 cm³/mol. The van der Waals surface area contributed by atoms with Crippen molar-refractivity contribution in [1.29, 1.82) is 0 Å². The summed E-state index contributed by atoms with van der Waals surface area (Å²) in [5.41, 5.74) is 2.05. The van der Waals surface area contributed by atoms with Crippen LogP contribution in [0.2, 0.25) is 0 Å². The molecule has 0 atom stereocenters. The van der Waals surface area contributed by atoms with E-state index in [1.165, 1.54) is 0 Å². The minimum atomic E-state index is -3.14. The molecule has 1 fully saturated rings. The Morgan fingerprint density at radius 2 is 1.95 bits per heavy atom. The number of benzene rings is 1. The van der Waals surface area contributed by atoms with E-state index in [4.69, 9.17) is 0 Å². The summed E-state index contributed by atoms with van der Waals surface area (Å²) in [5.74, 6) is 0.157. The van der Waals surface area contributed by atoms with Gasteiger partial charge in [0.25, 0.3) is 0 Å². The summed E-state index contributed by atoms with van der Waals surface area (Å²) in [7, 11) is -3.14. The Hall–Kier alpha value is -0.910. The van der Waals surface area contributed by atoms with Crippen molar-refractivity contribution in [2.24, 2.45) is 0 Å². The maximum atomic E-state index is 12.1. The zero-order chi connectivity index (χ0) is 13.9. The molecule has 0 radical (unpaired) electrons. The molecule has 0 bridgehead atoms. The lowest BCUT2D eigenvalue weighted by atomic mass is 10.1. The van der Waals surface area contributed by atoms with E-state index < -0.39 is 9.84 Å². The molecule has 0 saturated carbocycles. The lowest BCUT2D eigenvalue weighted by Gasteiger charge is -2.28. The minimum absolute atomic E-state index is 0.157. The number of piperazine rings is 1. The number of hydrogen-bond donors (Lipinski definition) is 1. The summed E-state index contributed by atoms with van der Waals surface area (Å²) in [5, 5.41) is 3.31. The van der Waals surface area contributed by atoms with Crippen LogP contribution in [0.15, 0.2) is 23.1 Å². The van der Waals surface area contributed by atoms with Gasteiger partial charge < -0.3 is 5.32 Å². The maximum absolute atomic E-state index is 12.1. The lowest BCUT2D eigenvalue weighted by molar-refractivity contribution is 0.231.